The molecule has 0 fully saturated rings. The quantitative estimate of drug-likeness (QED) is 0.460. The average molecular weight is 274 g/mol. The fourth-order valence-corrected chi connectivity index (χ4v) is 2.07. The van der Waals surface area contributed by atoms with Crippen molar-refractivity contribution < 1.29 is 14.6 Å². The Bertz CT molecular complexity index is 237. The van der Waals surface area contributed by atoms with Crippen molar-refractivity contribution in [3.63, 3.8) is 0 Å². The van der Waals surface area contributed by atoms with E-state index in [4.69, 9.17) is 4.74 Å². The highest BCUT2D eigenvalue weighted by Crippen LogP contribution is 2.03. The molecular formula is C14H30N2O3. The lowest BCUT2D eigenvalue weighted by Gasteiger charge is -2.30. The van der Waals surface area contributed by atoms with Gasteiger partial charge in [0.25, 0.3) is 0 Å². The van der Waals surface area contributed by atoms with Gasteiger partial charge in [-0.1, -0.05) is 0 Å². The molecule has 0 aliphatic heterocycles. The van der Waals surface area contributed by atoms with Crippen molar-refractivity contribution in [1.29, 1.82) is 0 Å². The summed E-state index contributed by atoms with van der Waals surface area (Å²) in [5.74, 6) is -0.345. The van der Waals surface area contributed by atoms with Crippen LogP contribution in [0.5, 0.6) is 0 Å². The lowest BCUT2D eigenvalue weighted by atomic mass is 10.2. The first-order valence-electron chi connectivity index (χ1n) is 7.18. The minimum atomic E-state index is -0.675. The molecule has 2 N–H and O–H groups in total. The van der Waals surface area contributed by atoms with E-state index in [0.717, 1.165) is 13.1 Å². The number of hydrogen-bond acceptors (Lipinski definition) is 5. The fraction of sp³-hybridized carbons (Fsp3) is 0.929. The summed E-state index contributed by atoms with van der Waals surface area (Å²) in [4.78, 5) is 13.5. The number of aliphatic hydroxyl groups excluding tert-OH is 1. The van der Waals surface area contributed by atoms with Gasteiger partial charge in [0.15, 0.2) is 0 Å². The molecule has 5 nitrogen and oxygen atoms in total. The van der Waals surface area contributed by atoms with Gasteiger partial charge >= 0.3 is 5.97 Å². The third-order valence-corrected chi connectivity index (χ3v) is 2.96. The number of carbonyl (C=O) groups is 1. The monoisotopic (exact) mass is 274 g/mol. The number of nitrogens with zero attached hydrogens (tertiary/aromatic N) is 1. The topological polar surface area (TPSA) is 61.8 Å². The van der Waals surface area contributed by atoms with Gasteiger partial charge in [-0.15, -0.1) is 0 Å². The van der Waals surface area contributed by atoms with Crippen LogP contribution in [0.1, 0.15) is 41.0 Å². The Hall–Kier alpha value is -0.650. The van der Waals surface area contributed by atoms with Crippen molar-refractivity contribution in [2.45, 2.75) is 59.2 Å². The van der Waals surface area contributed by atoms with E-state index in [-0.39, 0.29) is 12.4 Å². The zero-order valence-corrected chi connectivity index (χ0v) is 13.0. The summed E-state index contributed by atoms with van der Waals surface area (Å²) in [6.45, 7) is 13.0. The first kappa shape index (κ1) is 18.4. The Morgan fingerprint density at radius 2 is 1.84 bits per heavy atom. The zero-order chi connectivity index (χ0) is 14.8. The van der Waals surface area contributed by atoms with Crippen LogP contribution in [-0.2, 0) is 9.53 Å². The lowest BCUT2D eigenvalue weighted by molar-refractivity contribution is -0.145. The summed E-state index contributed by atoms with van der Waals surface area (Å²) in [6.07, 6.45) is -0.621. The number of esters is 1. The number of ether oxygens (including phenoxy) is 1. The molecule has 114 valence electrons. The first-order chi connectivity index (χ1) is 8.88. The van der Waals surface area contributed by atoms with Gasteiger partial charge in [-0.3, -0.25) is 9.69 Å². The summed E-state index contributed by atoms with van der Waals surface area (Å²) in [5.41, 5.74) is 0. The van der Waals surface area contributed by atoms with Crippen LogP contribution in [-0.4, -0.2) is 60.4 Å². The standard InChI is InChI=1S/C14H30N2O3/c1-6-19-14(18)9-13(17)10-15-7-8-16(11(2)3)12(4)5/h11-13,15,17H,6-10H2,1-5H3. The molecule has 0 spiro atoms. The second-order valence-corrected chi connectivity index (χ2v) is 5.29. The third-order valence-electron chi connectivity index (χ3n) is 2.96. The van der Waals surface area contributed by atoms with E-state index in [1.54, 1.807) is 6.92 Å². The molecule has 0 radical (unpaired) electrons. The van der Waals surface area contributed by atoms with Gasteiger partial charge in [0.2, 0.25) is 0 Å². The van der Waals surface area contributed by atoms with Gasteiger partial charge < -0.3 is 15.2 Å². The van der Waals surface area contributed by atoms with Crippen LogP contribution < -0.4 is 5.32 Å². The molecule has 0 heterocycles. The normalized spacial score (nSPS) is 13.3. The molecule has 0 aromatic carbocycles. The van der Waals surface area contributed by atoms with Crippen LogP contribution in [0.15, 0.2) is 0 Å². The highest BCUT2D eigenvalue weighted by molar-refractivity contribution is 5.69. The van der Waals surface area contributed by atoms with E-state index in [2.05, 4.69) is 37.9 Å². The Morgan fingerprint density at radius 3 is 2.32 bits per heavy atom. The average Bonchev–Trinajstić information content (AvgIpc) is 2.27. The summed E-state index contributed by atoms with van der Waals surface area (Å²) < 4.78 is 4.79. The molecule has 0 aliphatic carbocycles. The number of nitrogens with one attached hydrogen (secondary N) is 1. The highest BCUT2D eigenvalue weighted by atomic mass is 16.5. The maximum atomic E-state index is 11.2. The summed E-state index contributed by atoms with van der Waals surface area (Å²) >= 11 is 0. The molecule has 1 atom stereocenters. The lowest BCUT2D eigenvalue weighted by Crippen LogP contribution is -2.42. The van der Waals surface area contributed by atoms with Crippen LogP contribution in [0.4, 0.5) is 0 Å². The second-order valence-electron chi connectivity index (χ2n) is 5.29. The maximum absolute atomic E-state index is 11.2. The van der Waals surface area contributed by atoms with Gasteiger partial charge in [-0.05, 0) is 34.6 Å². The van der Waals surface area contributed by atoms with Crippen molar-refractivity contribution in [1.82, 2.24) is 10.2 Å². The van der Waals surface area contributed by atoms with Gasteiger partial charge in [0, 0.05) is 31.7 Å². The Labute approximate surface area is 117 Å². The molecule has 0 bridgehead atoms. The van der Waals surface area contributed by atoms with E-state index >= 15 is 0 Å². The van der Waals surface area contributed by atoms with Crippen LogP contribution in [0, 0.1) is 0 Å². The fourth-order valence-electron chi connectivity index (χ4n) is 2.07. The van der Waals surface area contributed by atoms with Crippen molar-refractivity contribution in [2.75, 3.05) is 26.2 Å². The Morgan fingerprint density at radius 1 is 1.26 bits per heavy atom. The first-order valence-corrected chi connectivity index (χ1v) is 7.18. The van der Waals surface area contributed by atoms with Gasteiger partial charge in [0.05, 0.1) is 19.1 Å². The minimum absolute atomic E-state index is 0.0545. The summed E-state index contributed by atoms with van der Waals surface area (Å²) in [7, 11) is 0. The summed E-state index contributed by atoms with van der Waals surface area (Å²) in [6, 6.07) is 1.01. The van der Waals surface area contributed by atoms with Crippen molar-refractivity contribution >= 4 is 5.97 Å². The van der Waals surface area contributed by atoms with Crippen LogP contribution in [0.3, 0.4) is 0 Å². The SMILES string of the molecule is CCOC(=O)CC(O)CNCCN(C(C)C)C(C)C. The van der Waals surface area contributed by atoms with E-state index in [0.29, 0.717) is 25.2 Å². The number of rotatable bonds is 10. The largest absolute Gasteiger partial charge is 0.466 e. The van der Waals surface area contributed by atoms with E-state index in [1.165, 1.54) is 0 Å². The smallest absolute Gasteiger partial charge is 0.308 e. The Kier molecular flexibility index (Phi) is 9.83. The molecule has 0 aromatic heterocycles. The number of carbonyl (C=O) groups excluding carboxylic acids is 1. The van der Waals surface area contributed by atoms with Crippen LogP contribution in [0.25, 0.3) is 0 Å². The molecule has 0 saturated heterocycles. The summed E-state index contributed by atoms with van der Waals surface area (Å²) in [5, 5.41) is 12.8. The van der Waals surface area contributed by atoms with Gasteiger partial charge in [-0.2, -0.15) is 0 Å². The predicted octanol–water partition coefficient (Wildman–Crippen LogP) is 1.01. The third kappa shape index (κ3) is 8.97. The van der Waals surface area contributed by atoms with Crippen molar-refractivity contribution in [3.8, 4) is 0 Å². The van der Waals surface area contributed by atoms with Crippen LogP contribution in [0.2, 0.25) is 0 Å². The number of aliphatic hydroxyl groups is 1. The zero-order valence-electron chi connectivity index (χ0n) is 13.0. The molecule has 0 aromatic rings. The molecular weight excluding hydrogens is 244 g/mol. The van der Waals surface area contributed by atoms with E-state index in [9.17, 15) is 9.90 Å². The second kappa shape index (κ2) is 10.2. The Balaban J connectivity index is 3.75. The molecule has 0 saturated carbocycles. The maximum Gasteiger partial charge on any atom is 0.308 e. The minimum Gasteiger partial charge on any atom is -0.466 e. The number of hydrogen-bond donors (Lipinski definition) is 2. The van der Waals surface area contributed by atoms with Crippen LogP contribution >= 0.6 is 0 Å². The van der Waals surface area contributed by atoms with E-state index < -0.39 is 6.10 Å². The molecule has 1 unspecified atom stereocenters. The molecule has 5 heteroatoms. The molecule has 19 heavy (non-hydrogen) atoms. The van der Waals surface area contributed by atoms with Gasteiger partial charge in [-0.25, -0.2) is 0 Å². The van der Waals surface area contributed by atoms with Gasteiger partial charge in [0.1, 0.15) is 0 Å². The highest BCUT2D eigenvalue weighted by Gasteiger charge is 2.14. The molecule has 0 amide bonds. The molecule has 0 aliphatic rings. The predicted molar refractivity (Wildman–Crippen MR) is 77.1 cm³/mol. The van der Waals surface area contributed by atoms with Crippen molar-refractivity contribution in [3.05, 3.63) is 0 Å². The van der Waals surface area contributed by atoms with E-state index in [1.807, 2.05) is 0 Å². The van der Waals surface area contributed by atoms with Crippen molar-refractivity contribution in [2.24, 2.45) is 0 Å². The molecule has 0 rings (SSSR count).